The third-order valence-corrected chi connectivity index (χ3v) is 4.30. The second kappa shape index (κ2) is 4.12. The lowest BCUT2D eigenvalue weighted by atomic mass is 10.0. The zero-order valence-corrected chi connectivity index (χ0v) is 10.5. The molecule has 0 aromatic heterocycles. The lowest BCUT2D eigenvalue weighted by molar-refractivity contribution is -0.135. The van der Waals surface area contributed by atoms with Crippen molar-refractivity contribution in [2.75, 3.05) is 26.2 Å². The van der Waals surface area contributed by atoms with E-state index >= 15 is 0 Å². The molecule has 0 bridgehead atoms. The van der Waals surface area contributed by atoms with Gasteiger partial charge in [0.05, 0.1) is 5.54 Å². The highest BCUT2D eigenvalue weighted by Crippen LogP contribution is 2.35. The number of nitrogens with zero attached hydrogens (tertiary/aromatic N) is 2. The summed E-state index contributed by atoms with van der Waals surface area (Å²) in [6.07, 6.45) is 3.38. The number of amides is 3. The van der Waals surface area contributed by atoms with Crippen molar-refractivity contribution in [3.05, 3.63) is 0 Å². The molecule has 2 saturated heterocycles. The van der Waals surface area contributed by atoms with E-state index in [4.69, 9.17) is 5.73 Å². The number of carbonyl (C=O) groups is 2. The van der Waals surface area contributed by atoms with Gasteiger partial charge in [-0.1, -0.05) is 0 Å². The Morgan fingerprint density at radius 1 is 1.28 bits per heavy atom. The molecule has 6 nitrogen and oxygen atoms in total. The average Bonchev–Trinajstić information content (AvgIpc) is 2.99. The van der Waals surface area contributed by atoms with Gasteiger partial charge in [0.2, 0.25) is 5.91 Å². The Morgan fingerprint density at radius 3 is 2.44 bits per heavy atom. The first-order valence-electron chi connectivity index (χ1n) is 6.73. The fourth-order valence-electron chi connectivity index (χ4n) is 2.88. The second-order valence-corrected chi connectivity index (χ2v) is 5.60. The smallest absolute Gasteiger partial charge is 0.317 e. The normalized spacial score (nSPS) is 27.3. The molecule has 2 aliphatic heterocycles. The van der Waals surface area contributed by atoms with Crippen molar-refractivity contribution in [3.63, 3.8) is 0 Å². The van der Waals surface area contributed by atoms with Gasteiger partial charge < -0.3 is 20.9 Å². The van der Waals surface area contributed by atoms with Crippen LogP contribution in [0.2, 0.25) is 0 Å². The van der Waals surface area contributed by atoms with Gasteiger partial charge in [-0.05, 0) is 25.7 Å². The average molecular weight is 252 g/mol. The van der Waals surface area contributed by atoms with Gasteiger partial charge in [-0.25, -0.2) is 4.79 Å². The van der Waals surface area contributed by atoms with E-state index in [1.807, 2.05) is 9.80 Å². The second-order valence-electron chi connectivity index (χ2n) is 5.60. The number of hydrogen-bond donors (Lipinski definition) is 2. The fourth-order valence-corrected chi connectivity index (χ4v) is 2.88. The number of carbonyl (C=O) groups excluding carboxylic acids is 2. The molecular formula is C12H20N4O2. The number of hydrogen-bond acceptors (Lipinski definition) is 3. The van der Waals surface area contributed by atoms with Gasteiger partial charge in [-0.2, -0.15) is 0 Å². The Morgan fingerprint density at radius 2 is 1.94 bits per heavy atom. The number of urea groups is 1. The van der Waals surface area contributed by atoms with Crippen LogP contribution in [-0.2, 0) is 4.79 Å². The van der Waals surface area contributed by atoms with E-state index in [1.165, 1.54) is 0 Å². The van der Waals surface area contributed by atoms with Crippen LogP contribution in [0, 0.1) is 0 Å². The molecule has 0 spiro atoms. The Kier molecular flexibility index (Phi) is 2.69. The van der Waals surface area contributed by atoms with E-state index < -0.39 is 5.54 Å². The molecule has 0 radical (unpaired) electrons. The SMILES string of the molecule is NC1(C(=O)N2CCC(N3CCNC3=O)CC2)CC1. The van der Waals surface area contributed by atoms with Crippen LogP contribution < -0.4 is 11.1 Å². The van der Waals surface area contributed by atoms with Gasteiger partial charge in [0, 0.05) is 32.2 Å². The molecule has 1 saturated carbocycles. The predicted molar refractivity (Wildman–Crippen MR) is 65.9 cm³/mol. The summed E-state index contributed by atoms with van der Waals surface area (Å²) in [5, 5.41) is 2.82. The number of rotatable bonds is 2. The van der Waals surface area contributed by atoms with Crippen molar-refractivity contribution in [2.24, 2.45) is 5.73 Å². The van der Waals surface area contributed by atoms with Crippen LogP contribution in [0.4, 0.5) is 4.79 Å². The zero-order chi connectivity index (χ0) is 12.8. The van der Waals surface area contributed by atoms with E-state index in [2.05, 4.69) is 5.32 Å². The molecule has 100 valence electrons. The van der Waals surface area contributed by atoms with Crippen LogP contribution in [0.1, 0.15) is 25.7 Å². The zero-order valence-electron chi connectivity index (χ0n) is 10.5. The van der Waals surface area contributed by atoms with Crippen LogP contribution in [0.3, 0.4) is 0 Å². The molecule has 3 rings (SSSR count). The van der Waals surface area contributed by atoms with Gasteiger partial charge in [0.1, 0.15) is 0 Å². The molecule has 0 atom stereocenters. The van der Waals surface area contributed by atoms with Crippen molar-refractivity contribution in [3.8, 4) is 0 Å². The van der Waals surface area contributed by atoms with Crippen molar-refractivity contribution < 1.29 is 9.59 Å². The van der Waals surface area contributed by atoms with Gasteiger partial charge in [0.25, 0.3) is 0 Å². The number of likely N-dealkylation sites (tertiary alicyclic amines) is 1. The highest BCUT2D eigenvalue weighted by Gasteiger charge is 2.48. The Labute approximate surface area is 106 Å². The molecule has 3 aliphatic rings. The Bertz CT molecular complexity index is 372. The summed E-state index contributed by atoms with van der Waals surface area (Å²) in [4.78, 5) is 27.4. The minimum atomic E-state index is -0.558. The molecule has 0 unspecified atom stereocenters. The summed E-state index contributed by atoms with van der Waals surface area (Å²) in [5.41, 5.74) is 5.38. The summed E-state index contributed by atoms with van der Waals surface area (Å²) in [6.45, 7) is 2.99. The quantitative estimate of drug-likeness (QED) is 0.695. The number of nitrogens with one attached hydrogen (secondary N) is 1. The first-order valence-corrected chi connectivity index (χ1v) is 6.73. The standard InChI is InChI=1S/C12H20N4O2/c13-12(3-4-12)10(17)15-6-1-9(2-7-15)16-8-5-14-11(16)18/h9H,1-8,13H2,(H,14,18). The highest BCUT2D eigenvalue weighted by molar-refractivity contribution is 5.89. The minimum Gasteiger partial charge on any atom is -0.341 e. The van der Waals surface area contributed by atoms with Crippen LogP contribution in [-0.4, -0.2) is 59.5 Å². The first-order chi connectivity index (χ1) is 8.60. The van der Waals surface area contributed by atoms with E-state index in [-0.39, 0.29) is 18.0 Å². The summed E-state index contributed by atoms with van der Waals surface area (Å²) < 4.78 is 0. The maximum absolute atomic E-state index is 12.1. The lowest BCUT2D eigenvalue weighted by Crippen LogP contribution is -2.52. The molecule has 1 aliphatic carbocycles. The van der Waals surface area contributed by atoms with E-state index in [0.29, 0.717) is 0 Å². The summed E-state index contributed by atoms with van der Waals surface area (Å²) in [6, 6.07) is 0.321. The third kappa shape index (κ3) is 1.94. The van der Waals surface area contributed by atoms with Crippen LogP contribution in [0.25, 0.3) is 0 Å². The van der Waals surface area contributed by atoms with Gasteiger partial charge >= 0.3 is 6.03 Å². The largest absolute Gasteiger partial charge is 0.341 e. The predicted octanol–water partition coefficient (Wildman–Crippen LogP) is -0.506. The maximum atomic E-state index is 12.1. The lowest BCUT2D eigenvalue weighted by Gasteiger charge is -2.37. The van der Waals surface area contributed by atoms with Crippen molar-refractivity contribution in [2.45, 2.75) is 37.3 Å². The monoisotopic (exact) mass is 252 g/mol. The van der Waals surface area contributed by atoms with Crippen LogP contribution in [0.15, 0.2) is 0 Å². The molecule has 0 aromatic carbocycles. The third-order valence-electron chi connectivity index (χ3n) is 4.30. The molecule has 0 aromatic rings. The number of nitrogens with two attached hydrogens (primary N) is 1. The van der Waals surface area contributed by atoms with E-state index in [9.17, 15) is 9.59 Å². The highest BCUT2D eigenvalue weighted by atomic mass is 16.2. The molecular weight excluding hydrogens is 232 g/mol. The molecule has 3 fully saturated rings. The molecule has 6 heteroatoms. The Balaban J connectivity index is 1.55. The fraction of sp³-hybridized carbons (Fsp3) is 0.833. The van der Waals surface area contributed by atoms with Gasteiger partial charge in [0.15, 0.2) is 0 Å². The number of piperidine rings is 1. The van der Waals surface area contributed by atoms with Crippen LogP contribution in [0.5, 0.6) is 0 Å². The first kappa shape index (κ1) is 11.8. The Hall–Kier alpha value is -1.30. The van der Waals surface area contributed by atoms with Crippen molar-refractivity contribution in [1.82, 2.24) is 15.1 Å². The maximum Gasteiger partial charge on any atom is 0.317 e. The summed E-state index contributed by atoms with van der Waals surface area (Å²) in [5.74, 6) is 0.104. The summed E-state index contributed by atoms with van der Waals surface area (Å²) in [7, 11) is 0. The van der Waals surface area contributed by atoms with E-state index in [0.717, 1.165) is 51.9 Å². The van der Waals surface area contributed by atoms with Crippen molar-refractivity contribution in [1.29, 1.82) is 0 Å². The van der Waals surface area contributed by atoms with Gasteiger partial charge in [-0.3, -0.25) is 4.79 Å². The molecule has 3 N–H and O–H groups in total. The molecule has 18 heavy (non-hydrogen) atoms. The van der Waals surface area contributed by atoms with E-state index in [1.54, 1.807) is 0 Å². The van der Waals surface area contributed by atoms with Gasteiger partial charge in [-0.15, -0.1) is 0 Å². The minimum absolute atomic E-state index is 0.0391. The molecule has 2 heterocycles. The summed E-state index contributed by atoms with van der Waals surface area (Å²) >= 11 is 0. The van der Waals surface area contributed by atoms with Crippen molar-refractivity contribution >= 4 is 11.9 Å². The topological polar surface area (TPSA) is 78.7 Å². The molecule has 3 amide bonds. The van der Waals surface area contributed by atoms with Crippen LogP contribution >= 0.6 is 0 Å².